The molecule has 7 heteroatoms. The van der Waals surface area contributed by atoms with Gasteiger partial charge in [0.15, 0.2) is 5.13 Å². The fraction of sp³-hybridized carbons (Fsp3) is 0.750. The van der Waals surface area contributed by atoms with Crippen LogP contribution in [0.4, 0.5) is 18.3 Å². The van der Waals surface area contributed by atoms with Gasteiger partial charge in [0.1, 0.15) is 6.54 Å². The summed E-state index contributed by atoms with van der Waals surface area (Å²) in [5.74, 6) is 0. The Morgan fingerprint density at radius 1 is 1.42 bits per heavy atom. The Hall–Kier alpha value is -0.820. The predicted molar refractivity (Wildman–Crippen MR) is 70.7 cm³/mol. The number of hydrogen-bond acceptors (Lipinski definition) is 4. The first-order valence-electron chi connectivity index (χ1n) is 6.39. The molecule has 1 saturated carbocycles. The van der Waals surface area contributed by atoms with Crippen molar-refractivity contribution in [2.24, 2.45) is 0 Å². The number of halogens is 3. The second kappa shape index (κ2) is 5.66. The van der Waals surface area contributed by atoms with Gasteiger partial charge in [0.05, 0.1) is 5.69 Å². The van der Waals surface area contributed by atoms with Gasteiger partial charge in [0.2, 0.25) is 0 Å². The van der Waals surface area contributed by atoms with E-state index in [-0.39, 0.29) is 0 Å². The van der Waals surface area contributed by atoms with Gasteiger partial charge in [-0.2, -0.15) is 13.2 Å². The third-order valence-corrected chi connectivity index (χ3v) is 4.19. The van der Waals surface area contributed by atoms with Gasteiger partial charge in [-0.05, 0) is 19.3 Å². The predicted octanol–water partition coefficient (Wildman–Crippen LogP) is 2.96. The van der Waals surface area contributed by atoms with Gasteiger partial charge in [0.25, 0.3) is 0 Å². The fourth-order valence-corrected chi connectivity index (χ4v) is 2.87. The molecule has 1 aromatic heterocycles. The molecule has 0 atom stereocenters. The van der Waals surface area contributed by atoms with Crippen LogP contribution >= 0.6 is 11.3 Å². The van der Waals surface area contributed by atoms with E-state index in [1.165, 1.54) is 36.1 Å². The van der Waals surface area contributed by atoms with Crippen molar-refractivity contribution in [1.82, 2.24) is 10.3 Å². The zero-order valence-corrected chi connectivity index (χ0v) is 11.9. The number of hydrogen-bond donors (Lipinski definition) is 1. The van der Waals surface area contributed by atoms with Crippen LogP contribution in [-0.4, -0.2) is 30.8 Å². The van der Waals surface area contributed by atoms with Crippen molar-refractivity contribution in [3.05, 3.63) is 10.6 Å². The standard InChI is InChI=1S/C12H18F3N3S/c1-3-9-10(6-16-8-4-5-8)19-11(17-9)18(2)7-12(13,14)15/h8,16H,3-7H2,1-2H3. The Balaban J connectivity index is 2.03. The number of aryl methyl sites for hydroxylation is 1. The van der Waals surface area contributed by atoms with Gasteiger partial charge in [-0.1, -0.05) is 6.92 Å². The molecule has 1 aliphatic rings. The monoisotopic (exact) mass is 293 g/mol. The van der Waals surface area contributed by atoms with Gasteiger partial charge in [-0.3, -0.25) is 0 Å². The van der Waals surface area contributed by atoms with Crippen LogP contribution in [0, 0.1) is 0 Å². The highest BCUT2D eigenvalue weighted by Gasteiger charge is 2.30. The Morgan fingerprint density at radius 3 is 2.63 bits per heavy atom. The quantitative estimate of drug-likeness (QED) is 0.874. The van der Waals surface area contributed by atoms with E-state index in [0.29, 0.717) is 17.7 Å². The molecule has 108 valence electrons. The van der Waals surface area contributed by atoms with Crippen LogP contribution in [0.2, 0.25) is 0 Å². The molecule has 0 bridgehead atoms. The molecule has 0 spiro atoms. The van der Waals surface area contributed by atoms with Crippen LogP contribution in [0.5, 0.6) is 0 Å². The minimum Gasteiger partial charge on any atom is -0.342 e. The zero-order chi connectivity index (χ0) is 14.0. The summed E-state index contributed by atoms with van der Waals surface area (Å²) < 4.78 is 37.1. The maximum atomic E-state index is 12.4. The summed E-state index contributed by atoms with van der Waals surface area (Å²) in [7, 11) is 1.43. The molecule has 1 heterocycles. The molecule has 0 amide bonds. The van der Waals surface area contributed by atoms with Gasteiger partial charge in [0, 0.05) is 24.5 Å². The number of anilines is 1. The van der Waals surface area contributed by atoms with Crippen LogP contribution < -0.4 is 10.2 Å². The molecule has 0 unspecified atom stereocenters. The maximum absolute atomic E-state index is 12.4. The third kappa shape index (κ3) is 4.35. The minimum absolute atomic E-state index is 0.446. The first kappa shape index (κ1) is 14.6. The van der Waals surface area contributed by atoms with Crippen molar-refractivity contribution in [1.29, 1.82) is 0 Å². The molecule has 3 nitrogen and oxygen atoms in total. The van der Waals surface area contributed by atoms with Crippen LogP contribution in [0.25, 0.3) is 0 Å². The number of nitrogens with zero attached hydrogens (tertiary/aromatic N) is 2. The summed E-state index contributed by atoms with van der Waals surface area (Å²) >= 11 is 1.35. The summed E-state index contributed by atoms with van der Waals surface area (Å²) in [6, 6.07) is 0.586. The number of rotatable bonds is 6. The van der Waals surface area contributed by atoms with Gasteiger partial charge < -0.3 is 10.2 Å². The lowest BCUT2D eigenvalue weighted by atomic mass is 10.3. The molecular formula is C12H18F3N3S. The number of nitrogens with one attached hydrogen (secondary N) is 1. The number of thiazole rings is 1. The molecule has 0 aromatic carbocycles. The highest BCUT2D eigenvalue weighted by molar-refractivity contribution is 7.15. The van der Waals surface area contributed by atoms with Gasteiger partial charge >= 0.3 is 6.18 Å². The molecule has 0 aliphatic heterocycles. The van der Waals surface area contributed by atoms with E-state index in [1.807, 2.05) is 6.92 Å². The lowest BCUT2D eigenvalue weighted by molar-refractivity contribution is -0.119. The summed E-state index contributed by atoms with van der Waals surface area (Å²) in [5, 5.41) is 3.82. The van der Waals surface area contributed by atoms with Crippen LogP contribution in [0.15, 0.2) is 0 Å². The van der Waals surface area contributed by atoms with Crippen molar-refractivity contribution in [2.45, 2.75) is 44.9 Å². The first-order chi connectivity index (χ1) is 8.89. The Morgan fingerprint density at radius 2 is 2.11 bits per heavy atom. The molecular weight excluding hydrogens is 275 g/mol. The highest BCUT2D eigenvalue weighted by atomic mass is 32.1. The summed E-state index contributed by atoms with van der Waals surface area (Å²) in [4.78, 5) is 6.54. The smallest absolute Gasteiger partial charge is 0.342 e. The molecule has 0 saturated heterocycles. The normalized spacial score (nSPS) is 15.8. The second-order valence-corrected chi connectivity index (χ2v) is 5.91. The molecule has 1 aliphatic carbocycles. The Bertz CT molecular complexity index is 426. The lowest BCUT2D eigenvalue weighted by Gasteiger charge is -2.17. The van der Waals surface area contributed by atoms with Crippen molar-refractivity contribution in [3.8, 4) is 0 Å². The van der Waals surface area contributed by atoms with E-state index in [1.54, 1.807) is 0 Å². The van der Waals surface area contributed by atoms with Gasteiger partial charge in [-0.15, -0.1) is 11.3 Å². The molecule has 1 fully saturated rings. The van der Waals surface area contributed by atoms with Crippen LogP contribution in [0.1, 0.15) is 30.3 Å². The average Bonchev–Trinajstić information content (AvgIpc) is 3.03. The van der Waals surface area contributed by atoms with Crippen LogP contribution in [-0.2, 0) is 13.0 Å². The number of alkyl halides is 3. The van der Waals surface area contributed by atoms with E-state index in [0.717, 1.165) is 17.0 Å². The summed E-state index contributed by atoms with van der Waals surface area (Å²) in [6.07, 6.45) is -1.06. The molecule has 1 aromatic rings. The third-order valence-electron chi connectivity index (χ3n) is 2.97. The SMILES string of the molecule is CCc1nc(N(C)CC(F)(F)F)sc1CNC1CC1. The summed E-state index contributed by atoms with van der Waals surface area (Å²) in [5.41, 5.74) is 0.905. The van der Waals surface area contributed by atoms with Crippen molar-refractivity contribution in [3.63, 3.8) is 0 Å². The Labute approximate surface area is 114 Å². The van der Waals surface area contributed by atoms with E-state index in [9.17, 15) is 13.2 Å². The van der Waals surface area contributed by atoms with Crippen LogP contribution in [0.3, 0.4) is 0 Å². The van der Waals surface area contributed by atoms with Gasteiger partial charge in [-0.25, -0.2) is 4.98 Å². The topological polar surface area (TPSA) is 28.2 Å². The molecule has 0 radical (unpaired) electrons. The van der Waals surface area contributed by atoms with E-state index >= 15 is 0 Å². The lowest BCUT2D eigenvalue weighted by Crippen LogP contribution is -2.30. The Kier molecular flexibility index (Phi) is 4.35. The molecule has 2 rings (SSSR count). The van der Waals surface area contributed by atoms with E-state index in [4.69, 9.17) is 0 Å². The largest absolute Gasteiger partial charge is 0.405 e. The van der Waals surface area contributed by atoms with E-state index < -0.39 is 12.7 Å². The maximum Gasteiger partial charge on any atom is 0.405 e. The highest BCUT2D eigenvalue weighted by Crippen LogP contribution is 2.29. The van der Waals surface area contributed by atoms with Crippen molar-refractivity contribution < 1.29 is 13.2 Å². The number of aromatic nitrogens is 1. The first-order valence-corrected chi connectivity index (χ1v) is 7.20. The fourth-order valence-electron chi connectivity index (χ4n) is 1.81. The summed E-state index contributed by atoms with van der Waals surface area (Å²) in [6.45, 7) is 1.73. The minimum atomic E-state index is -4.20. The van der Waals surface area contributed by atoms with Crippen molar-refractivity contribution in [2.75, 3.05) is 18.5 Å². The van der Waals surface area contributed by atoms with E-state index in [2.05, 4.69) is 10.3 Å². The van der Waals surface area contributed by atoms with Crippen molar-refractivity contribution >= 4 is 16.5 Å². The zero-order valence-electron chi connectivity index (χ0n) is 11.0. The molecule has 1 N–H and O–H groups in total. The second-order valence-electron chi connectivity index (χ2n) is 4.85. The average molecular weight is 293 g/mol. The molecule has 19 heavy (non-hydrogen) atoms.